The molecule has 0 spiro atoms. The van der Waals surface area contributed by atoms with E-state index < -0.39 is 5.91 Å². The Morgan fingerprint density at radius 2 is 1.80 bits per heavy atom. The summed E-state index contributed by atoms with van der Waals surface area (Å²) >= 11 is 12.7. The first-order valence-corrected chi connectivity index (χ1v) is 13.4. The summed E-state index contributed by atoms with van der Waals surface area (Å²) in [5, 5.41) is 11.1. The lowest BCUT2D eigenvalue weighted by Gasteiger charge is -2.35. The lowest BCUT2D eigenvalue weighted by Crippen LogP contribution is -2.43. The van der Waals surface area contributed by atoms with Gasteiger partial charge < -0.3 is 19.9 Å². The summed E-state index contributed by atoms with van der Waals surface area (Å²) < 4.78 is 10.7. The van der Waals surface area contributed by atoms with Gasteiger partial charge in [-0.1, -0.05) is 52.6 Å². The SMILES string of the molecule is COc1ccc2c(c1)C(=CC(=O)c1cccc(NC(=O)c3c(-c4c(Cl)cccc4Cl)noc3C)c1)NC(C)(C)C2. The minimum atomic E-state index is -0.468. The zero-order valence-electron chi connectivity index (χ0n) is 22.4. The van der Waals surface area contributed by atoms with Crippen molar-refractivity contribution in [1.29, 1.82) is 0 Å². The van der Waals surface area contributed by atoms with E-state index in [9.17, 15) is 9.59 Å². The highest BCUT2D eigenvalue weighted by atomic mass is 35.5. The number of aryl methyl sites for hydroxylation is 1. The fourth-order valence-electron chi connectivity index (χ4n) is 4.85. The van der Waals surface area contributed by atoms with Crippen LogP contribution in [0, 0.1) is 6.92 Å². The van der Waals surface area contributed by atoms with Crippen molar-refractivity contribution in [3.05, 3.63) is 105 Å². The number of carbonyl (C=O) groups is 2. The predicted molar refractivity (Wildman–Crippen MR) is 157 cm³/mol. The highest BCUT2D eigenvalue weighted by molar-refractivity contribution is 6.39. The van der Waals surface area contributed by atoms with Crippen molar-refractivity contribution in [3.8, 4) is 17.0 Å². The fraction of sp³-hybridized carbons (Fsp3) is 0.194. The van der Waals surface area contributed by atoms with Crippen molar-refractivity contribution in [2.45, 2.75) is 32.7 Å². The van der Waals surface area contributed by atoms with Gasteiger partial charge in [0.05, 0.1) is 17.2 Å². The van der Waals surface area contributed by atoms with Crippen LogP contribution in [0.1, 0.15) is 51.5 Å². The average molecular weight is 576 g/mol. The molecule has 40 heavy (non-hydrogen) atoms. The molecule has 204 valence electrons. The molecule has 0 aliphatic carbocycles. The molecule has 0 saturated heterocycles. The van der Waals surface area contributed by atoms with Gasteiger partial charge in [0.25, 0.3) is 5.91 Å². The van der Waals surface area contributed by atoms with E-state index in [1.165, 1.54) is 0 Å². The van der Waals surface area contributed by atoms with Gasteiger partial charge in [0.2, 0.25) is 0 Å². The molecule has 1 aliphatic heterocycles. The Morgan fingerprint density at radius 1 is 1.07 bits per heavy atom. The molecule has 1 aromatic heterocycles. The van der Waals surface area contributed by atoms with Crippen molar-refractivity contribution in [2.24, 2.45) is 0 Å². The fourth-order valence-corrected chi connectivity index (χ4v) is 5.42. The minimum Gasteiger partial charge on any atom is -0.497 e. The van der Waals surface area contributed by atoms with Crippen LogP contribution in [-0.2, 0) is 6.42 Å². The van der Waals surface area contributed by atoms with Gasteiger partial charge in [0.1, 0.15) is 22.8 Å². The van der Waals surface area contributed by atoms with Crippen LogP contribution < -0.4 is 15.4 Å². The number of benzene rings is 3. The number of fused-ring (bicyclic) bond motifs is 1. The van der Waals surface area contributed by atoms with Crippen LogP contribution in [0.25, 0.3) is 17.0 Å². The summed E-state index contributed by atoms with van der Waals surface area (Å²) in [5.41, 5.74) is 4.22. The minimum absolute atomic E-state index is 0.202. The number of amides is 1. The van der Waals surface area contributed by atoms with Crippen molar-refractivity contribution in [1.82, 2.24) is 10.5 Å². The van der Waals surface area contributed by atoms with E-state index in [0.29, 0.717) is 44.1 Å². The number of anilines is 1. The molecule has 0 bridgehead atoms. The van der Waals surface area contributed by atoms with Crippen LogP contribution in [-0.4, -0.2) is 29.5 Å². The number of carbonyl (C=O) groups excluding carboxylic acids is 2. The van der Waals surface area contributed by atoms with Gasteiger partial charge in [0.15, 0.2) is 5.78 Å². The normalized spacial score (nSPS) is 14.8. The van der Waals surface area contributed by atoms with Crippen molar-refractivity contribution < 1.29 is 18.8 Å². The van der Waals surface area contributed by atoms with Crippen LogP contribution in [0.15, 0.2) is 71.3 Å². The second-order valence-corrected chi connectivity index (χ2v) is 11.0. The number of hydrogen-bond donors (Lipinski definition) is 2. The molecular weight excluding hydrogens is 549 g/mol. The maximum Gasteiger partial charge on any atom is 0.261 e. The number of ketones is 1. The Hall–Kier alpha value is -4.07. The molecule has 5 rings (SSSR count). The zero-order valence-corrected chi connectivity index (χ0v) is 23.9. The number of halogens is 2. The van der Waals surface area contributed by atoms with E-state index in [1.807, 2.05) is 18.2 Å². The second kappa shape index (κ2) is 10.8. The molecule has 2 heterocycles. The number of methoxy groups -OCH3 is 1. The number of aromatic nitrogens is 1. The first-order valence-electron chi connectivity index (χ1n) is 12.6. The van der Waals surface area contributed by atoms with Gasteiger partial charge >= 0.3 is 0 Å². The van der Waals surface area contributed by atoms with Crippen LogP contribution in [0.4, 0.5) is 5.69 Å². The topological polar surface area (TPSA) is 93.5 Å². The Bertz CT molecular complexity index is 1650. The number of nitrogens with zero attached hydrogens (tertiary/aromatic N) is 1. The number of hydrogen-bond acceptors (Lipinski definition) is 6. The third-order valence-corrected chi connectivity index (χ3v) is 7.31. The summed E-state index contributed by atoms with van der Waals surface area (Å²) in [4.78, 5) is 26.8. The first-order chi connectivity index (χ1) is 19.1. The number of nitrogens with one attached hydrogen (secondary N) is 2. The highest BCUT2D eigenvalue weighted by Gasteiger charge is 2.29. The van der Waals surface area contributed by atoms with Crippen LogP contribution >= 0.6 is 23.2 Å². The molecule has 2 N–H and O–H groups in total. The Labute approximate surface area is 242 Å². The van der Waals surface area contributed by atoms with E-state index in [4.69, 9.17) is 32.5 Å². The largest absolute Gasteiger partial charge is 0.497 e. The van der Waals surface area contributed by atoms with Gasteiger partial charge in [-0.15, -0.1) is 0 Å². The lowest BCUT2D eigenvalue weighted by atomic mass is 9.85. The van der Waals surface area contributed by atoms with Crippen molar-refractivity contribution in [2.75, 3.05) is 12.4 Å². The van der Waals surface area contributed by atoms with Crippen LogP contribution in [0.2, 0.25) is 10.0 Å². The molecule has 0 atom stereocenters. The Kier molecular flexibility index (Phi) is 7.45. The van der Waals surface area contributed by atoms with Crippen LogP contribution in [0.3, 0.4) is 0 Å². The summed E-state index contributed by atoms with van der Waals surface area (Å²) in [6.07, 6.45) is 2.39. The second-order valence-electron chi connectivity index (χ2n) is 10.2. The summed E-state index contributed by atoms with van der Waals surface area (Å²) in [6, 6.07) is 17.7. The number of rotatable bonds is 6. The molecule has 0 unspecified atom stereocenters. The smallest absolute Gasteiger partial charge is 0.261 e. The third kappa shape index (κ3) is 5.48. The third-order valence-electron chi connectivity index (χ3n) is 6.68. The Morgan fingerprint density at radius 3 is 2.52 bits per heavy atom. The highest BCUT2D eigenvalue weighted by Crippen LogP contribution is 2.37. The van der Waals surface area contributed by atoms with Gasteiger partial charge in [-0.05, 0) is 69.2 Å². The summed E-state index contributed by atoms with van der Waals surface area (Å²) in [7, 11) is 1.61. The van der Waals surface area contributed by atoms with Crippen molar-refractivity contribution >= 4 is 46.3 Å². The van der Waals surface area contributed by atoms with Gasteiger partial charge in [-0.2, -0.15) is 0 Å². The zero-order chi connectivity index (χ0) is 28.6. The molecule has 3 aromatic carbocycles. The molecule has 9 heteroatoms. The summed E-state index contributed by atoms with van der Waals surface area (Å²) in [6.45, 7) is 5.81. The molecular formula is C31H27Cl2N3O4. The van der Waals surface area contributed by atoms with Crippen molar-refractivity contribution in [3.63, 3.8) is 0 Å². The average Bonchev–Trinajstić information content (AvgIpc) is 3.28. The summed E-state index contributed by atoms with van der Waals surface area (Å²) in [5.74, 6) is 0.337. The molecule has 1 amide bonds. The monoisotopic (exact) mass is 575 g/mol. The molecule has 0 fully saturated rings. The van der Waals surface area contributed by atoms with Gasteiger partial charge in [-0.25, -0.2) is 0 Å². The number of ether oxygens (including phenoxy) is 1. The Balaban J connectivity index is 1.43. The molecule has 0 saturated carbocycles. The van der Waals surface area contributed by atoms with Gasteiger partial charge in [0, 0.05) is 39.7 Å². The van der Waals surface area contributed by atoms with E-state index in [-0.39, 0.29) is 22.6 Å². The molecule has 0 radical (unpaired) electrons. The van der Waals surface area contributed by atoms with E-state index in [1.54, 1.807) is 62.6 Å². The molecule has 7 nitrogen and oxygen atoms in total. The molecule has 4 aromatic rings. The standard InChI is InChI=1S/C31H27Cl2N3O4/c1-17-27(29(36-40-17)28-23(32)9-6-10-24(28)33)30(38)34-20-8-5-7-18(13-20)26(37)15-25-22-14-21(39-4)12-11-19(22)16-31(2,3)35-25/h5-15,35H,16H2,1-4H3,(H,34,38). The van der Waals surface area contributed by atoms with Gasteiger partial charge in [-0.3, -0.25) is 9.59 Å². The number of allylic oxidation sites excluding steroid dienone is 1. The lowest BCUT2D eigenvalue weighted by molar-refractivity contribution is 0.102. The quantitative estimate of drug-likeness (QED) is 0.184. The maximum atomic E-state index is 13.4. The molecule has 1 aliphatic rings. The predicted octanol–water partition coefficient (Wildman–Crippen LogP) is 7.37. The van der Waals surface area contributed by atoms with E-state index in [2.05, 4.69) is 29.6 Å². The van der Waals surface area contributed by atoms with E-state index >= 15 is 0 Å². The van der Waals surface area contributed by atoms with E-state index in [0.717, 1.165) is 17.5 Å². The first kappa shape index (κ1) is 27.5. The van der Waals surface area contributed by atoms with Crippen LogP contribution in [0.5, 0.6) is 5.75 Å². The maximum absolute atomic E-state index is 13.4.